The highest BCUT2D eigenvalue weighted by atomic mass is 32.1. The van der Waals surface area contributed by atoms with Gasteiger partial charge >= 0.3 is 0 Å². The number of aryl methyl sites for hydroxylation is 3. The van der Waals surface area contributed by atoms with Crippen LogP contribution in [0.3, 0.4) is 0 Å². The van der Waals surface area contributed by atoms with Crippen LogP contribution >= 0.6 is 11.3 Å². The van der Waals surface area contributed by atoms with Crippen LogP contribution in [0.5, 0.6) is 0 Å². The summed E-state index contributed by atoms with van der Waals surface area (Å²) in [5.74, 6) is 0.311. The largest absolute Gasteiger partial charge is 0.380 e. The molecular weight excluding hydrogens is 302 g/mol. The summed E-state index contributed by atoms with van der Waals surface area (Å²) in [6.45, 7) is 4.32. The van der Waals surface area contributed by atoms with Gasteiger partial charge in [-0.1, -0.05) is 24.3 Å². The van der Waals surface area contributed by atoms with Crippen molar-refractivity contribution in [2.75, 3.05) is 20.1 Å². The summed E-state index contributed by atoms with van der Waals surface area (Å²) in [6, 6.07) is 10.8. The van der Waals surface area contributed by atoms with Crippen molar-refractivity contribution in [2.45, 2.75) is 38.2 Å². The number of thiophene rings is 1. The van der Waals surface area contributed by atoms with Gasteiger partial charge in [0.1, 0.15) is 5.60 Å². The van der Waals surface area contributed by atoms with E-state index in [1.165, 1.54) is 20.9 Å². The number of benzene rings is 1. The fraction of sp³-hybridized carbons (Fsp3) is 0.500. The molecule has 1 aromatic carbocycles. The predicted molar refractivity (Wildman–Crippen MR) is 96.1 cm³/mol. The third kappa shape index (κ3) is 2.46. The SMILES string of the molecule is Cc1cc2c(s1)CCc1ccccc1C2(O)C1CCN(C)CC1. The summed E-state index contributed by atoms with van der Waals surface area (Å²) in [5, 5.41) is 12.1. The molecule has 122 valence electrons. The zero-order valence-electron chi connectivity index (χ0n) is 14.0. The topological polar surface area (TPSA) is 23.5 Å². The van der Waals surface area contributed by atoms with E-state index in [-0.39, 0.29) is 0 Å². The zero-order chi connectivity index (χ0) is 16.0. The van der Waals surface area contributed by atoms with Gasteiger partial charge in [0.05, 0.1) is 0 Å². The molecule has 1 aliphatic carbocycles. The highest BCUT2D eigenvalue weighted by Gasteiger charge is 2.45. The summed E-state index contributed by atoms with van der Waals surface area (Å²) in [5.41, 5.74) is 2.87. The molecule has 0 spiro atoms. The van der Waals surface area contributed by atoms with Gasteiger partial charge in [0, 0.05) is 15.3 Å². The Morgan fingerprint density at radius 1 is 1.13 bits per heavy atom. The number of rotatable bonds is 1. The Balaban J connectivity index is 1.88. The summed E-state index contributed by atoms with van der Waals surface area (Å²) in [4.78, 5) is 5.09. The lowest BCUT2D eigenvalue weighted by atomic mass is 9.71. The van der Waals surface area contributed by atoms with Gasteiger partial charge in [-0.2, -0.15) is 0 Å². The van der Waals surface area contributed by atoms with Crippen molar-refractivity contribution >= 4 is 11.3 Å². The molecule has 2 heterocycles. The molecule has 2 aromatic rings. The van der Waals surface area contributed by atoms with Crippen molar-refractivity contribution in [1.82, 2.24) is 4.90 Å². The average Bonchev–Trinajstić information content (AvgIpc) is 2.89. The van der Waals surface area contributed by atoms with Crippen LogP contribution in [0.25, 0.3) is 0 Å². The molecule has 2 aliphatic rings. The molecule has 1 aromatic heterocycles. The highest BCUT2D eigenvalue weighted by molar-refractivity contribution is 7.12. The standard InChI is InChI=1S/C20H25NOS/c1-14-13-18-19(23-14)8-7-15-5-3-4-6-17(15)20(18,22)16-9-11-21(2)12-10-16/h3-6,13,16,22H,7-12H2,1-2H3. The fourth-order valence-corrected chi connectivity index (χ4v) is 5.53. The Kier molecular flexibility index (Phi) is 3.83. The first-order chi connectivity index (χ1) is 11.1. The van der Waals surface area contributed by atoms with Crippen LogP contribution in [0.1, 0.15) is 39.3 Å². The molecule has 1 atom stereocenters. The highest BCUT2D eigenvalue weighted by Crippen LogP contribution is 2.48. The molecule has 1 saturated heterocycles. The molecule has 0 radical (unpaired) electrons. The molecular formula is C20H25NOS. The van der Waals surface area contributed by atoms with Gasteiger partial charge in [-0.25, -0.2) is 0 Å². The molecule has 1 aliphatic heterocycles. The second kappa shape index (κ2) is 5.73. The van der Waals surface area contributed by atoms with Gasteiger partial charge in [0.2, 0.25) is 0 Å². The van der Waals surface area contributed by atoms with E-state index in [2.05, 4.69) is 49.2 Å². The lowest BCUT2D eigenvalue weighted by Crippen LogP contribution is -2.43. The number of hydrogen-bond acceptors (Lipinski definition) is 3. The lowest BCUT2D eigenvalue weighted by molar-refractivity contribution is -0.0110. The minimum atomic E-state index is -0.811. The first-order valence-corrected chi connectivity index (χ1v) is 9.49. The van der Waals surface area contributed by atoms with E-state index in [9.17, 15) is 5.11 Å². The number of fused-ring (bicyclic) bond motifs is 2. The molecule has 3 heteroatoms. The smallest absolute Gasteiger partial charge is 0.119 e. The Morgan fingerprint density at radius 3 is 2.65 bits per heavy atom. The molecule has 1 N–H and O–H groups in total. The van der Waals surface area contributed by atoms with Gasteiger partial charge in [0.15, 0.2) is 0 Å². The van der Waals surface area contributed by atoms with Gasteiger partial charge in [-0.05, 0) is 75.9 Å². The Morgan fingerprint density at radius 2 is 1.87 bits per heavy atom. The minimum Gasteiger partial charge on any atom is -0.380 e. The van der Waals surface area contributed by atoms with Crippen LogP contribution in [-0.4, -0.2) is 30.1 Å². The molecule has 4 rings (SSSR count). The van der Waals surface area contributed by atoms with Crippen molar-refractivity contribution in [3.8, 4) is 0 Å². The third-order valence-electron chi connectivity index (χ3n) is 5.70. The van der Waals surface area contributed by atoms with Gasteiger partial charge in [-0.15, -0.1) is 11.3 Å². The first-order valence-electron chi connectivity index (χ1n) is 8.68. The second-order valence-corrected chi connectivity index (χ2v) is 8.54. The normalized spacial score (nSPS) is 25.7. The molecule has 1 fully saturated rings. The predicted octanol–water partition coefficient (Wildman–Crippen LogP) is 3.73. The van der Waals surface area contributed by atoms with Crippen LogP contribution in [0.15, 0.2) is 30.3 Å². The number of likely N-dealkylation sites (tertiary alicyclic amines) is 1. The van der Waals surface area contributed by atoms with Crippen molar-refractivity contribution in [1.29, 1.82) is 0 Å². The van der Waals surface area contributed by atoms with E-state index in [1.807, 2.05) is 11.3 Å². The maximum atomic E-state index is 12.1. The lowest BCUT2D eigenvalue weighted by Gasteiger charge is -2.41. The van der Waals surface area contributed by atoms with Crippen molar-refractivity contribution in [3.63, 3.8) is 0 Å². The molecule has 0 bridgehead atoms. The Labute approximate surface area is 142 Å². The first kappa shape index (κ1) is 15.4. The van der Waals surface area contributed by atoms with E-state index >= 15 is 0 Å². The van der Waals surface area contributed by atoms with Gasteiger partial charge in [0.25, 0.3) is 0 Å². The van der Waals surface area contributed by atoms with E-state index in [4.69, 9.17) is 0 Å². The molecule has 1 unspecified atom stereocenters. The quantitative estimate of drug-likeness (QED) is 0.862. The van der Waals surface area contributed by atoms with Gasteiger partial charge in [-0.3, -0.25) is 0 Å². The van der Waals surface area contributed by atoms with Crippen molar-refractivity contribution < 1.29 is 5.11 Å². The zero-order valence-corrected chi connectivity index (χ0v) is 14.8. The van der Waals surface area contributed by atoms with E-state index in [0.29, 0.717) is 5.92 Å². The minimum absolute atomic E-state index is 0.311. The van der Waals surface area contributed by atoms with Crippen LogP contribution in [0.4, 0.5) is 0 Å². The summed E-state index contributed by atoms with van der Waals surface area (Å²) < 4.78 is 0. The molecule has 23 heavy (non-hydrogen) atoms. The summed E-state index contributed by atoms with van der Waals surface area (Å²) >= 11 is 1.87. The number of hydrogen-bond donors (Lipinski definition) is 1. The van der Waals surface area contributed by atoms with Crippen molar-refractivity contribution in [3.05, 3.63) is 56.8 Å². The van der Waals surface area contributed by atoms with Gasteiger partial charge < -0.3 is 10.0 Å². The number of nitrogens with zero attached hydrogens (tertiary/aromatic N) is 1. The Hall–Kier alpha value is -1.16. The molecule has 0 amide bonds. The van der Waals surface area contributed by atoms with Crippen LogP contribution in [0, 0.1) is 12.8 Å². The molecule has 2 nitrogen and oxygen atoms in total. The van der Waals surface area contributed by atoms with Crippen LogP contribution in [-0.2, 0) is 18.4 Å². The van der Waals surface area contributed by atoms with E-state index in [0.717, 1.165) is 44.3 Å². The van der Waals surface area contributed by atoms with E-state index < -0.39 is 5.60 Å². The van der Waals surface area contributed by atoms with Crippen LogP contribution < -0.4 is 0 Å². The molecule has 0 saturated carbocycles. The average molecular weight is 327 g/mol. The van der Waals surface area contributed by atoms with Crippen molar-refractivity contribution in [2.24, 2.45) is 5.92 Å². The number of piperidine rings is 1. The summed E-state index contributed by atoms with van der Waals surface area (Å²) in [6.07, 6.45) is 4.23. The number of aliphatic hydroxyl groups is 1. The monoisotopic (exact) mass is 327 g/mol. The maximum Gasteiger partial charge on any atom is 0.119 e. The van der Waals surface area contributed by atoms with E-state index in [1.54, 1.807) is 0 Å². The third-order valence-corrected chi connectivity index (χ3v) is 6.81. The second-order valence-electron chi connectivity index (χ2n) is 7.19. The van der Waals surface area contributed by atoms with Crippen LogP contribution in [0.2, 0.25) is 0 Å². The summed E-state index contributed by atoms with van der Waals surface area (Å²) in [7, 11) is 2.18. The maximum absolute atomic E-state index is 12.1. The Bertz CT molecular complexity index is 714. The fourth-order valence-electron chi connectivity index (χ4n) is 4.44.